The second kappa shape index (κ2) is 5.30. The molecule has 98 valence electrons. The van der Waals surface area contributed by atoms with Crippen LogP contribution in [0.5, 0.6) is 17.2 Å². The molecule has 0 radical (unpaired) electrons. The molecule has 0 saturated carbocycles. The summed E-state index contributed by atoms with van der Waals surface area (Å²) in [6.07, 6.45) is 0. The van der Waals surface area contributed by atoms with Crippen LogP contribution in [0.2, 0.25) is 0 Å². The zero-order valence-corrected chi connectivity index (χ0v) is 9.91. The van der Waals surface area contributed by atoms with Gasteiger partial charge in [-0.1, -0.05) is 12.1 Å². The molecule has 5 nitrogen and oxygen atoms in total. The molecule has 0 unspecified atom stereocenters. The Hall–Kier alpha value is -2.69. The van der Waals surface area contributed by atoms with Crippen molar-refractivity contribution >= 4 is 5.97 Å². The first kappa shape index (κ1) is 12.8. The molecule has 2 aromatic rings. The normalized spacial score (nSPS) is 10.1. The van der Waals surface area contributed by atoms with Gasteiger partial charge in [-0.25, -0.2) is 4.79 Å². The zero-order chi connectivity index (χ0) is 13.8. The minimum atomic E-state index is -0.708. The van der Waals surface area contributed by atoms with Gasteiger partial charge in [-0.05, 0) is 29.8 Å². The van der Waals surface area contributed by atoms with E-state index in [4.69, 9.17) is 9.84 Å². The molecule has 19 heavy (non-hydrogen) atoms. The second-order valence-corrected chi connectivity index (χ2v) is 3.95. The first-order valence-corrected chi connectivity index (χ1v) is 5.53. The van der Waals surface area contributed by atoms with Crippen LogP contribution in [0.25, 0.3) is 0 Å². The van der Waals surface area contributed by atoms with Crippen molar-refractivity contribution in [2.75, 3.05) is 0 Å². The third-order valence-corrected chi connectivity index (χ3v) is 2.48. The van der Waals surface area contributed by atoms with Gasteiger partial charge in [0, 0.05) is 6.07 Å². The Morgan fingerprint density at radius 1 is 1.00 bits per heavy atom. The highest BCUT2D eigenvalue weighted by atomic mass is 16.5. The Bertz CT molecular complexity index is 607. The first-order valence-electron chi connectivity index (χ1n) is 5.53. The summed E-state index contributed by atoms with van der Waals surface area (Å²) in [6, 6.07) is 9.94. The average molecular weight is 260 g/mol. The van der Waals surface area contributed by atoms with Crippen LogP contribution in [0.3, 0.4) is 0 Å². The lowest BCUT2D eigenvalue weighted by molar-refractivity contribution is 0.0469. The van der Waals surface area contributed by atoms with Crippen molar-refractivity contribution in [3.63, 3.8) is 0 Å². The molecular weight excluding hydrogens is 248 g/mol. The number of esters is 1. The minimum absolute atomic E-state index is 0.0203. The van der Waals surface area contributed by atoms with Crippen LogP contribution in [-0.4, -0.2) is 21.3 Å². The number of carbonyl (C=O) groups excluding carboxylic acids is 1. The smallest absolute Gasteiger partial charge is 0.342 e. The van der Waals surface area contributed by atoms with Crippen LogP contribution in [0.15, 0.2) is 42.5 Å². The Kier molecular flexibility index (Phi) is 3.56. The standard InChI is InChI=1S/C14H12O5/c15-10-3-1-2-9(6-10)8-19-14(18)12-5-4-11(16)7-13(12)17/h1-7,15-17H,8H2. The molecule has 0 saturated heterocycles. The lowest BCUT2D eigenvalue weighted by atomic mass is 10.2. The molecule has 3 N–H and O–H groups in total. The predicted octanol–water partition coefficient (Wildman–Crippen LogP) is 2.16. The van der Waals surface area contributed by atoms with Crippen molar-refractivity contribution in [1.29, 1.82) is 0 Å². The second-order valence-electron chi connectivity index (χ2n) is 3.95. The van der Waals surface area contributed by atoms with Crippen molar-refractivity contribution < 1.29 is 24.9 Å². The van der Waals surface area contributed by atoms with E-state index in [1.54, 1.807) is 12.1 Å². The van der Waals surface area contributed by atoms with E-state index >= 15 is 0 Å². The summed E-state index contributed by atoms with van der Waals surface area (Å²) in [5, 5.41) is 27.9. The maximum Gasteiger partial charge on any atom is 0.342 e. The Morgan fingerprint density at radius 3 is 2.42 bits per heavy atom. The van der Waals surface area contributed by atoms with Crippen LogP contribution >= 0.6 is 0 Å². The molecule has 0 spiro atoms. The van der Waals surface area contributed by atoms with E-state index in [9.17, 15) is 15.0 Å². The summed E-state index contributed by atoms with van der Waals surface area (Å²) in [6.45, 7) is -0.0203. The lowest BCUT2D eigenvalue weighted by Gasteiger charge is -2.07. The lowest BCUT2D eigenvalue weighted by Crippen LogP contribution is -2.05. The number of ether oxygens (including phenoxy) is 1. The number of phenolic OH excluding ortho intramolecular Hbond substituents is 3. The molecule has 0 aliphatic carbocycles. The number of phenols is 3. The molecule has 5 heteroatoms. The molecule has 0 aliphatic heterocycles. The summed E-state index contributed by atoms with van der Waals surface area (Å²) >= 11 is 0. The molecular formula is C14H12O5. The SMILES string of the molecule is O=C(OCc1cccc(O)c1)c1ccc(O)cc1O. The highest BCUT2D eigenvalue weighted by molar-refractivity contribution is 5.92. The minimum Gasteiger partial charge on any atom is -0.508 e. The third-order valence-electron chi connectivity index (χ3n) is 2.48. The molecule has 0 fully saturated rings. The van der Waals surface area contributed by atoms with Gasteiger partial charge in [0.25, 0.3) is 0 Å². The Balaban J connectivity index is 2.05. The summed E-state index contributed by atoms with van der Waals surface area (Å²) in [4.78, 5) is 11.7. The molecule has 0 bridgehead atoms. The fourth-order valence-electron chi connectivity index (χ4n) is 1.57. The van der Waals surface area contributed by atoms with E-state index in [0.29, 0.717) is 5.56 Å². The van der Waals surface area contributed by atoms with Gasteiger partial charge < -0.3 is 20.1 Å². The van der Waals surface area contributed by atoms with Crippen LogP contribution in [0.1, 0.15) is 15.9 Å². The number of hydrogen-bond acceptors (Lipinski definition) is 5. The van der Waals surface area contributed by atoms with Crippen LogP contribution in [-0.2, 0) is 11.3 Å². The van der Waals surface area contributed by atoms with Gasteiger partial charge in [0.05, 0.1) is 0 Å². The number of carbonyl (C=O) groups is 1. The fraction of sp³-hybridized carbons (Fsp3) is 0.0714. The quantitative estimate of drug-likeness (QED) is 0.736. The van der Waals surface area contributed by atoms with Gasteiger partial charge in [-0.3, -0.25) is 0 Å². The molecule has 0 amide bonds. The summed E-state index contributed by atoms with van der Waals surface area (Å²) in [5.74, 6) is -1.11. The van der Waals surface area contributed by atoms with E-state index in [2.05, 4.69) is 0 Å². The summed E-state index contributed by atoms with van der Waals surface area (Å²) < 4.78 is 5.00. The summed E-state index contributed by atoms with van der Waals surface area (Å²) in [7, 11) is 0. The van der Waals surface area contributed by atoms with Crippen LogP contribution in [0, 0.1) is 0 Å². The Labute approximate surface area is 109 Å². The zero-order valence-electron chi connectivity index (χ0n) is 9.91. The largest absolute Gasteiger partial charge is 0.508 e. The topological polar surface area (TPSA) is 87.0 Å². The highest BCUT2D eigenvalue weighted by Gasteiger charge is 2.13. The Morgan fingerprint density at radius 2 is 1.74 bits per heavy atom. The van der Waals surface area contributed by atoms with Gasteiger partial charge in [0.15, 0.2) is 0 Å². The van der Waals surface area contributed by atoms with Gasteiger partial charge in [-0.2, -0.15) is 0 Å². The van der Waals surface area contributed by atoms with Crippen molar-refractivity contribution in [1.82, 2.24) is 0 Å². The van der Waals surface area contributed by atoms with Gasteiger partial charge in [0.2, 0.25) is 0 Å². The van der Waals surface area contributed by atoms with Crippen LogP contribution in [0.4, 0.5) is 0 Å². The maximum absolute atomic E-state index is 11.7. The third kappa shape index (κ3) is 3.16. The van der Waals surface area contributed by atoms with Crippen molar-refractivity contribution in [3.05, 3.63) is 53.6 Å². The molecule has 0 atom stereocenters. The monoisotopic (exact) mass is 260 g/mol. The molecule has 2 aromatic carbocycles. The molecule has 0 aliphatic rings. The van der Waals surface area contributed by atoms with Crippen LogP contribution < -0.4 is 0 Å². The van der Waals surface area contributed by atoms with E-state index < -0.39 is 5.97 Å². The number of benzene rings is 2. The van der Waals surface area contributed by atoms with E-state index in [0.717, 1.165) is 6.07 Å². The van der Waals surface area contributed by atoms with Crippen molar-refractivity contribution in [2.24, 2.45) is 0 Å². The molecule has 0 heterocycles. The molecule has 2 rings (SSSR count). The highest BCUT2D eigenvalue weighted by Crippen LogP contribution is 2.23. The van der Waals surface area contributed by atoms with E-state index in [1.165, 1.54) is 24.3 Å². The summed E-state index contributed by atoms with van der Waals surface area (Å²) in [5.41, 5.74) is 0.601. The van der Waals surface area contributed by atoms with Gasteiger partial charge in [0.1, 0.15) is 29.4 Å². The average Bonchev–Trinajstić information content (AvgIpc) is 2.36. The fourth-order valence-corrected chi connectivity index (χ4v) is 1.57. The number of hydrogen-bond donors (Lipinski definition) is 3. The van der Waals surface area contributed by atoms with E-state index in [-0.39, 0.29) is 29.4 Å². The predicted molar refractivity (Wildman–Crippen MR) is 67.0 cm³/mol. The van der Waals surface area contributed by atoms with E-state index in [1.807, 2.05) is 0 Å². The number of aromatic hydroxyl groups is 3. The van der Waals surface area contributed by atoms with Gasteiger partial charge >= 0.3 is 5.97 Å². The van der Waals surface area contributed by atoms with Gasteiger partial charge in [-0.15, -0.1) is 0 Å². The number of rotatable bonds is 3. The first-order chi connectivity index (χ1) is 9.06. The van der Waals surface area contributed by atoms with Crippen molar-refractivity contribution in [2.45, 2.75) is 6.61 Å². The molecule has 0 aromatic heterocycles. The van der Waals surface area contributed by atoms with Crippen molar-refractivity contribution in [3.8, 4) is 17.2 Å². The maximum atomic E-state index is 11.7.